The van der Waals surface area contributed by atoms with Crippen LogP contribution in [0.2, 0.25) is 10.6 Å². The minimum atomic E-state index is -0.517. The maximum absolute atomic E-state index is 2.73. The number of hydrogen-bond donors (Lipinski definition) is 0. The summed E-state index contributed by atoms with van der Waals surface area (Å²) in [5.41, 5.74) is 0. The monoisotopic (exact) mass is 276 g/mol. The largest absolute Gasteiger partial charge is 0.299 e. The van der Waals surface area contributed by atoms with Crippen LogP contribution < -0.4 is 0 Å². The summed E-state index contributed by atoms with van der Waals surface area (Å²) in [5, 5.41) is 3.17. The molecule has 0 bridgehead atoms. The van der Waals surface area contributed by atoms with Gasteiger partial charge in [0.25, 0.3) is 14.1 Å². The van der Waals surface area contributed by atoms with Gasteiger partial charge < -0.3 is 0 Å². The molecule has 2 atom stereocenters. The predicted octanol–water partition coefficient (Wildman–Crippen LogP) is 6.15. The predicted molar refractivity (Wildman–Crippen MR) is 87.9 cm³/mol. The van der Waals surface area contributed by atoms with Crippen molar-refractivity contribution in [3.8, 4) is 0 Å². The number of allylic oxidation sites excluding steroid dienone is 2. The Morgan fingerprint density at radius 1 is 1.11 bits per heavy atom. The molecule has 1 saturated heterocycles. The molecule has 2 aliphatic rings. The van der Waals surface area contributed by atoms with Gasteiger partial charge in [-0.05, 0) is 31.1 Å². The maximum Gasteiger partial charge on any atom is 0.299 e. The fourth-order valence-electron chi connectivity index (χ4n) is 4.47. The molecule has 0 nitrogen and oxygen atoms in total. The lowest BCUT2D eigenvalue weighted by atomic mass is 9.85. The van der Waals surface area contributed by atoms with Crippen LogP contribution in [0.15, 0.2) is 10.5 Å². The van der Waals surface area contributed by atoms with E-state index in [0.29, 0.717) is 0 Å². The summed E-state index contributed by atoms with van der Waals surface area (Å²) < 4.78 is 2.03. The van der Waals surface area contributed by atoms with E-state index >= 15 is 0 Å². The van der Waals surface area contributed by atoms with E-state index in [1.165, 1.54) is 63.1 Å². The van der Waals surface area contributed by atoms with E-state index in [1.54, 1.807) is 11.7 Å². The molecule has 1 heterocycles. The highest BCUT2D eigenvalue weighted by atomic mass is 27.2. The fraction of sp³-hybridized carbons (Fsp3) is 0.889. The van der Waals surface area contributed by atoms with Crippen LogP contribution in [0.1, 0.15) is 78.1 Å². The first-order valence-corrected chi connectivity index (χ1v) is 11.3. The molecule has 0 aromatic carbocycles. The van der Waals surface area contributed by atoms with Gasteiger partial charge in [0.05, 0.1) is 0 Å². The smallest absolute Gasteiger partial charge is 0.131 e. The molecule has 1 fully saturated rings. The minimum absolute atomic E-state index is 0.517. The molecule has 108 valence electrons. The van der Waals surface area contributed by atoms with Crippen LogP contribution in [0.3, 0.4) is 0 Å². The average Bonchev–Trinajstić information content (AvgIpc) is 2.80. The van der Waals surface area contributed by atoms with Gasteiger partial charge in [-0.2, -0.15) is 0 Å². The van der Waals surface area contributed by atoms with Gasteiger partial charge in [0.2, 0.25) is 0 Å². The van der Waals surface area contributed by atoms with Crippen molar-refractivity contribution >= 4 is 14.1 Å². The van der Waals surface area contributed by atoms with Gasteiger partial charge in [0.15, 0.2) is 0 Å². The third-order valence-corrected chi connectivity index (χ3v) is 9.34. The molecule has 1 heteroatoms. The molecule has 0 saturated carbocycles. The Morgan fingerprint density at radius 2 is 1.95 bits per heavy atom. The van der Waals surface area contributed by atoms with Crippen molar-refractivity contribution in [1.82, 2.24) is 0 Å². The Morgan fingerprint density at radius 3 is 2.74 bits per heavy atom. The van der Waals surface area contributed by atoms with Crippen molar-refractivity contribution < 1.29 is 0 Å². The molecule has 19 heavy (non-hydrogen) atoms. The van der Waals surface area contributed by atoms with Crippen LogP contribution in [-0.2, 0) is 0 Å². The summed E-state index contributed by atoms with van der Waals surface area (Å²) in [7, 11) is 0. The molecule has 0 radical (unpaired) electrons. The second-order valence-corrected chi connectivity index (χ2v) is 10.2. The lowest BCUT2D eigenvalue weighted by Gasteiger charge is -2.22. The molecular weight excluding hydrogens is 243 g/mol. The highest BCUT2D eigenvalue weighted by Crippen LogP contribution is 2.44. The summed E-state index contributed by atoms with van der Waals surface area (Å²) in [5.74, 6) is 2.12. The Kier molecular flexibility index (Phi) is 7.03. The van der Waals surface area contributed by atoms with Crippen molar-refractivity contribution in [3.05, 3.63) is 10.5 Å². The average molecular weight is 276 g/mol. The Labute approximate surface area is 125 Å². The van der Waals surface area contributed by atoms with E-state index in [4.69, 9.17) is 0 Å². The first-order valence-electron chi connectivity index (χ1n) is 9.06. The van der Waals surface area contributed by atoms with Gasteiger partial charge in [-0.15, -0.1) is 10.5 Å². The zero-order chi connectivity index (χ0) is 13.5. The van der Waals surface area contributed by atoms with Crippen LogP contribution in [0.5, 0.6) is 0 Å². The van der Waals surface area contributed by atoms with Crippen LogP contribution in [0.25, 0.3) is 0 Å². The highest BCUT2D eigenvalue weighted by Gasteiger charge is 2.39. The van der Waals surface area contributed by atoms with Crippen LogP contribution in [0, 0.1) is 11.8 Å². The zero-order valence-corrected chi connectivity index (χ0v) is 14.4. The molecule has 0 aromatic rings. The van der Waals surface area contributed by atoms with Gasteiger partial charge in [-0.25, -0.2) is 0 Å². The van der Waals surface area contributed by atoms with Crippen molar-refractivity contribution in [3.63, 3.8) is 0 Å². The highest BCUT2D eigenvalue weighted by molar-refractivity contribution is 6.67. The SMILES string of the molecule is CCCCCC1[CH2][Al]([CH2]C)/[C]2=C/CCCCCCC21. The molecule has 2 rings (SSSR count). The first-order chi connectivity index (χ1) is 9.36. The zero-order valence-electron chi connectivity index (χ0n) is 13.3. The third kappa shape index (κ3) is 4.37. The summed E-state index contributed by atoms with van der Waals surface area (Å²) >= 11 is -0.517. The van der Waals surface area contributed by atoms with Gasteiger partial charge in [-0.3, -0.25) is 0 Å². The van der Waals surface area contributed by atoms with Crippen molar-refractivity contribution in [2.75, 3.05) is 0 Å². The van der Waals surface area contributed by atoms with Crippen LogP contribution in [-0.4, -0.2) is 14.1 Å². The van der Waals surface area contributed by atoms with Gasteiger partial charge in [-0.1, -0.05) is 69.4 Å². The molecule has 0 N–H and O–H groups in total. The van der Waals surface area contributed by atoms with Gasteiger partial charge in [0, 0.05) is 0 Å². The number of hydrogen-bond acceptors (Lipinski definition) is 0. The van der Waals surface area contributed by atoms with Crippen molar-refractivity contribution in [2.45, 2.75) is 88.6 Å². The summed E-state index contributed by atoms with van der Waals surface area (Å²) in [6.07, 6.45) is 17.5. The molecule has 0 spiro atoms. The Bertz CT molecular complexity index is 281. The lowest BCUT2D eigenvalue weighted by Crippen LogP contribution is -2.12. The minimum Gasteiger partial charge on any atom is -0.131 e. The van der Waals surface area contributed by atoms with Crippen molar-refractivity contribution in [1.29, 1.82) is 0 Å². The maximum atomic E-state index is 2.73. The van der Waals surface area contributed by atoms with E-state index in [0.717, 1.165) is 11.8 Å². The Hall–Kier alpha value is 0.272. The third-order valence-electron chi connectivity index (χ3n) is 5.58. The second-order valence-electron chi connectivity index (χ2n) is 6.90. The number of fused-ring (bicyclic) bond motifs is 1. The van der Waals surface area contributed by atoms with E-state index in [-0.39, 0.29) is 0 Å². The molecule has 2 unspecified atom stereocenters. The fourth-order valence-corrected chi connectivity index (χ4v) is 8.39. The van der Waals surface area contributed by atoms with E-state index < -0.39 is 14.1 Å². The van der Waals surface area contributed by atoms with Gasteiger partial charge >= 0.3 is 0 Å². The number of rotatable bonds is 5. The molecule has 0 amide bonds. The normalized spacial score (nSPS) is 31.1. The second kappa shape index (κ2) is 8.54. The Balaban J connectivity index is 2.02. The quantitative estimate of drug-likeness (QED) is 0.417. The van der Waals surface area contributed by atoms with Crippen LogP contribution >= 0.6 is 0 Å². The first kappa shape index (κ1) is 15.7. The van der Waals surface area contributed by atoms with Crippen molar-refractivity contribution in [2.24, 2.45) is 11.8 Å². The molecule has 1 aliphatic heterocycles. The standard InChI is InChI=1S/C16H28.C2H5.Al/c1-3-4-9-12-15(2)16-13-10-7-5-6-8-11-14-16;1-2;/h10,15-16H,2-9,11-12,14H2,1H3;1H2,2H3;. The lowest BCUT2D eigenvalue weighted by molar-refractivity contribution is 0.367. The number of unbranched alkanes of at least 4 members (excludes halogenated alkanes) is 2. The topological polar surface area (TPSA) is 0 Å². The van der Waals surface area contributed by atoms with Crippen LogP contribution in [0.4, 0.5) is 0 Å². The molecule has 1 aliphatic carbocycles. The van der Waals surface area contributed by atoms with Gasteiger partial charge in [0.1, 0.15) is 0 Å². The van der Waals surface area contributed by atoms with E-state index in [2.05, 4.69) is 19.9 Å². The van der Waals surface area contributed by atoms with E-state index in [1.807, 2.05) is 4.44 Å². The van der Waals surface area contributed by atoms with E-state index in [9.17, 15) is 0 Å². The summed E-state index contributed by atoms with van der Waals surface area (Å²) in [6, 6.07) is 0. The molecule has 0 aromatic heterocycles. The summed E-state index contributed by atoms with van der Waals surface area (Å²) in [4.78, 5) is 0. The molecular formula is C18H33Al. The summed E-state index contributed by atoms with van der Waals surface area (Å²) in [6.45, 7) is 4.80.